The highest BCUT2D eigenvalue weighted by molar-refractivity contribution is 4.71. The van der Waals surface area contributed by atoms with Crippen LogP contribution >= 0.6 is 0 Å². The first-order chi connectivity index (χ1) is 4.48. The van der Waals surface area contributed by atoms with E-state index in [-0.39, 0.29) is 0 Å². The maximum atomic E-state index is 5.24. The van der Waals surface area contributed by atoms with Crippen molar-refractivity contribution in [3.8, 4) is 0 Å². The number of rotatable bonds is 4. The molecule has 0 radical (unpaired) electrons. The van der Waals surface area contributed by atoms with Gasteiger partial charge >= 0.3 is 0 Å². The van der Waals surface area contributed by atoms with Gasteiger partial charge in [-0.15, -0.1) is 0 Å². The highest BCUT2D eigenvalue weighted by atomic mass is 15.2. The molecule has 0 unspecified atom stereocenters. The summed E-state index contributed by atoms with van der Waals surface area (Å²) in [6.07, 6.45) is 1.22. The van der Waals surface area contributed by atoms with Gasteiger partial charge in [-0.1, -0.05) is 27.7 Å². The predicted molar refractivity (Wildman–Crippen MR) is 45.4 cm³/mol. The van der Waals surface area contributed by atoms with Crippen LogP contribution in [0, 0.1) is 11.3 Å². The van der Waals surface area contributed by atoms with Gasteiger partial charge in [0.25, 0.3) is 0 Å². The van der Waals surface area contributed by atoms with E-state index in [0.717, 1.165) is 12.5 Å². The molecule has 0 aliphatic carbocycles. The Balaban J connectivity index is 3.63. The molecule has 3 N–H and O–H groups in total. The van der Waals surface area contributed by atoms with Crippen LogP contribution in [-0.4, -0.2) is 6.54 Å². The Bertz CT molecular complexity index is 87.3. The lowest BCUT2D eigenvalue weighted by atomic mass is 9.84. The number of nitrogens with one attached hydrogen (secondary N) is 1. The van der Waals surface area contributed by atoms with E-state index < -0.39 is 0 Å². The average Bonchev–Trinajstić information content (AvgIpc) is 1.59. The minimum absolute atomic E-state index is 0.336. The summed E-state index contributed by atoms with van der Waals surface area (Å²) in [6.45, 7) is 9.82. The Morgan fingerprint density at radius 3 is 2.20 bits per heavy atom. The van der Waals surface area contributed by atoms with Gasteiger partial charge in [0.2, 0.25) is 0 Å². The van der Waals surface area contributed by atoms with Crippen molar-refractivity contribution in [3.05, 3.63) is 0 Å². The molecule has 2 nitrogen and oxygen atoms in total. The first-order valence-corrected chi connectivity index (χ1v) is 3.91. The van der Waals surface area contributed by atoms with Crippen molar-refractivity contribution in [3.63, 3.8) is 0 Å². The number of hydrogen-bond acceptors (Lipinski definition) is 2. The van der Waals surface area contributed by atoms with E-state index in [0.29, 0.717) is 5.41 Å². The van der Waals surface area contributed by atoms with Crippen molar-refractivity contribution in [2.75, 3.05) is 6.54 Å². The Morgan fingerprint density at radius 1 is 1.40 bits per heavy atom. The van der Waals surface area contributed by atoms with Crippen molar-refractivity contribution in [1.29, 1.82) is 0 Å². The first kappa shape index (κ1) is 9.92. The van der Waals surface area contributed by atoms with Crippen LogP contribution in [0.1, 0.15) is 34.1 Å². The molecular formula is C8H20N2. The van der Waals surface area contributed by atoms with Crippen LogP contribution in [0.3, 0.4) is 0 Å². The first-order valence-electron chi connectivity index (χ1n) is 3.91. The second-order valence-corrected chi connectivity index (χ2v) is 4.14. The van der Waals surface area contributed by atoms with Crippen LogP contribution in [0.25, 0.3) is 0 Å². The van der Waals surface area contributed by atoms with Crippen LogP contribution in [0.2, 0.25) is 0 Å². The lowest BCUT2D eigenvalue weighted by Gasteiger charge is -2.25. The number of hydrogen-bond donors (Lipinski definition) is 2. The molecule has 0 aromatic heterocycles. The van der Waals surface area contributed by atoms with Crippen molar-refractivity contribution < 1.29 is 0 Å². The standard InChI is InChI=1S/C8H20N2/c1-7(2)5-8(3,4)6-10-9/h7,10H,5-6,9H2,1-4H3. The summed E-state index contributed by atoms with van der Waals surface area (Å²) in [5.74, 6) is 5.99. The fourth-order valence-corrected chi connectivity index (χ4v) is 1.45. The Hall–Kier alpha value is -0.0800. The molecule has 0 saturated carbocycles. The summed E-state index contributed by atoms with van der Waals surface area (Å²) in [6, 6.07) is 0. The fraction of sp³-hybridized carbons (Fsp3) is 1.00. The molecule has 0 atom stereocenters. The minimum Gasteiger partial charge on any atom is -0.271 e. The molecular weight excluding hydrogens is 124 g/mol. The smallest absolute Gasteiger partial charge is 0.0149 e. The van der Waals surface area contributed by atoms with E-state index in [1.165, 1.54) is 6.42 Å². The third-order valence-corrected chi connectivity index (χ3v) is 1.54. The molecule has 0 fully saturated rings. The maximum Gasteiger partial charge on any atom is 0.0149 e. The minimum atomic E-state index is 0.336. The summed E-state index contributed by atoms with van der Waals surface area (Å²) < 4.78 is 0. The quantitative estimate of drug-likeness (QED) is 0.464. The fourth-order valence-electron chi connectivity index (χ4n) is 1.45. The normalized spacial score (nSPS) is 12.6. The van der Waals surface area contributed by atoms with E-state index in [1.54, 1.807) is 0 Å². The van der Waals surface area contributed by atoms with Gasteiger partial charge in [0.05, 0.1) is 0 Å². The van der Waals surface area contributed by atoms with Crippen molar-refractivity contribution in [2.24, 2.45) is 17.2 Å². The average molecular weight is 144 g/mol. The molecule has 0 aromatic carbocycles. The molecule has 0 aliphatic heterocycles. The predicted octanol–water partition coefficient (Wildman–Crippen LogP) is 1.52. The van der Waals surface area contributed by atoms with Gasteiger partial charge in [-0.3, -0.25) is 11.3 Å². The summed E-state index contributed by atoms with van der Waals surface area (Å²) in [5.41, 5.74) is 3.05. The van der Waals surface area contributed by atoms with Gasteiger partial charge in [0.15, 0.2) is 0 Å². The molecule has 10 heavy (non-hydrogen) atoms. The number of hydrazine groups is 1. The Kier molecular flexibility index (Phi) is 3.91. The SMILES string of the molecule is CC(C)CC(C)(C)CNN. The van der Waals surface area contributed by atoms with Crippen molar-refractivity contribution in [2.45, 2.75) is 34.1 Å². The lowest BCUT2D eigenvalue weighted by Crippen LogP contribution is -2.34. The highest BCUT2D eigenvalue weighted by Crippen LogP contribution is 2.23. The summed E-state index contributed by atoms with van der Waals surface area (Å²) in [5, 5.41) is 0. The second kappa shape index (κ2) is 3.94. The van der Waals surface area contributed by atoms with Gasteiger partial charge in [-0.2, -0.15) is 0 Å². The van der Waals surface area contributed by atoms with Crippen LogP contribution < -0.4 is 11.3 Å². The van der Waals surface area contributed by atoms with Crippen LogP contribution in [0.4, 0.5) is 0 Å². The third kappa shape index (κ3) is 4.77. The summed E-state index contributed by atoms with van der Waals surface area (Å²) in [4.78, 5) is 0. The van der Waals surface area contributed by atoms with Crippen LogP contribution in [0.5, 0.6) is 0 Å². The van der Waals surface area contributed by atoms with Gasteiger partial charge in [-0.25, -0.2) is 0 Å². The zero-order valence-electron chi connectivity index (χ0n) is 7.57. The van der Waals surface area contributed by atoms with E-state index in [9.17, 15) is 0 Å². The van der Waals surface area contributed by atoms with E-state index in [4.69, 9.17) is 5.84 Å². The maximum absolute atomic E-state index is 5.24. The second-order valence-electron chi connectivity index (χ2n) is 4.14. The van der Waals surface area contributed by atoms with Crippen molar-refractivity contribution in [1.82, 2.24) is 5.43 Å². The number of nitrogens with two attached hydrogens (primary N) is 1. The topological polar surface area (TPSA) is 38.0 Å². The monoisotopic (exact) mass is 144 g/mol. The molecule has 62 valence electrons. The van der Waals surface area contributed by atoms with E-state index in [2.05, 4.69) is 33.1 Å². The zero-order chi connectivity index (χ0) is 8.20. The molecule has 2 heteroatoms. The lowest BCUT2D eigenvalue weighted by molar-refractivity contribution is 0.275. The third-order valence-electron chi connectivity index (χ3n) is 1.54. The summed E-state index contributed by atoms with van der Waals surface area (Å²) in [7, 11) is 0. The Labute approximate surface area is 64.2 Å². The molecule has 0 heterocycles. The Morgan fingerprint density at radius 2 is 1.90 bits per heavy atom. The molecule has 0 bridgehead atoms. The van der Waals surface area contributed by atoms with Gasteiger partial charge in [-0.05, 0) is 17.8 Å². The molecule has 0 rings (SSSR count). The molecule has 0 saturated heterocycles. The highest BCUT2D eigenvalue weighted by Gasteiger charge is 2.17. The van der Waals surface area contributed by atoms with Gasteiger partial charge in [0.1, 0.15) is 0 Å². The van der Waals surface area contributed by atoms with Crippen LogP contribution in [0.15, 0.2) is 0 Å². The summed E-state index contributed by atoms with van der Waals surface area (Å²) >= 11 is 0. The van der Waals surface area contributed by atoms with E-state index in [1.807, 2.05) is 0 Å². The largest absolute Gasteiger partial charge is 0.271 e. The van der Waals surface area contributed by atoms with Gasteiger partial charge < -0.3 is 0 Å². The molecule has 0 aromatic rings. The molecule has 0 spiro atoms. The van der Waals surface area contributed by atoms with Crippen LogP contribution in [-0.2, 0) is 0 Å². The van der Waals surface area contributed by atoms with Gasteiger partial charge in [0, 0.05) is 6.54 Å². The van der Waals surface area contributed by atoms with Crippen molar-refractivity contribution >= 4 is 0 Å². The molecule has 0 amide bonds. The van der Waals surface area contributed by atoms with E-state index >= 15 is 0 Å². The zero-order valence-corrected chi connectivity index (χ0v) is 7.57. The molecule has 0 aliphatic rings.